The summed E-state index contributed by atoms with van der Waals surface area (Å²) in [5.74, 6) is 0.183. The summed E-state index contributed by atoms with van der Waals surface area (Å²) in [6.45, 7) is 0.370. The largest absolute Gasteiger partial charge is 0.490 e. The summed E-state index contributed by atoms with van der Waals surface area (Å²) in [5.41, 5.74) is 5.78. The molecule has 1 unspecified atom stereocenters. The van der Waals surface area contributed by atoms with Crippen LogP contribution in [-0.2, 0) is 0 Å². The van der Waals surface area contributed by atoms with Crippen molar-refractivity contribution in [3.63, 3.8) is 0 Å². The zero-order chi connectivity index (χ0) is 16.1. The van der Waals surface area contributed by atoms with E-state index in [1.54, 1.807) is 0 Å². The standard InChI is InChI=1S/C15H21N3O4/c1-22-14-7-6-11(8-13(14)18(20)21)15(19)17-12(9-16)10-4-2-3-5-10/h6-8,10,12H,2-5,9,16H2,1H3,(H,17,19). The molecule has 0 saturated heterocycles. The topological polar surface area (TPSA) is 107 Å². The number of nitro groups is 1. The van der Waals surface area contributed by atoms with Crippen LogP contribution in [0.2, 0.25) is 0 Å². The summed E-state index contributed by atoms with van der Waals surface area (Å²) in [5, 5.41) is 13.9. The number of nitrogens with zero attached hydrogens (tertiary/aromatic N) is 1. The molecule has 1 amide bonds. The zero-order valence-electron chi connectivity index (χ0n) is 12.6. The van der Waals surface area contributed by atoms with Gasteiger partial charge in [-0.1, -0.05) is 12.8 Å². The lowest BCUT2D eigenvalue weighted by molar-refractivity contribution is -0.385. The van der Waals surface area contributed by atoms with E-state index in [0.29, 0.717) is 12.5 Å². The molecule has 1 fully saturated rings. The minimum absolute atomic E-state index is 0.0869. The molecule has 0 heterocycles. The van der Waals surface area contributed by atoms with Crippen molar-refractivity contribution in [2.75, 3.05) is 13.7 Å². The minimum atomic E-state index is -0.563. The van der Waals surface area contributed by atoms with Gasteiger partial charge in [0.15, 0.2) is 5.75 Å². The van der Waals surface area contributed by atoms with Crippen LogP contribution in [0.4, 0.5) is 5.69 Å². The SMILES string of the molecule is COc1ccc(C(=O)NC(CN)C2CCCC2)cc1[N+](=O)[O-]. The van der Waals surface area contributed by atoms with Gasteiger partial charge in [0.1, 0.15) is 0 Å². The number of amides is 1. The number of rotatable bonds is 6. The van der Waals surface area contributed by atoms with Gasteiger partial charge in [0.25, 0.3) is 5.91 Å². The molecule has 7 nitrogen and oxygen atoms in total. The Balaban J connectivity index is 2.14. The van der Waals surface area contributed by atoms with Crippen molar-refractivity contribution in [3.8, 4) is 5.75 Å². The van der Waals surface area contributed by atoms with Gasteiger partial charge >= 0.3 is 5.69 Å². The fraction of sp³-hybridized carbons (Fsp3) is 0.533. The third-order valence-corrected chi connectivity index (χ3v) is 4.18. The molecule has 2 rings (SSSR count). The Labute approximate surface area is 129 Å². The molecule has 3 N–H and O–H groups in total. The summed E-state index contributed by atoms with van der Waals surface area (Å²) in [7, 11) is 1.35. The molecule has 1 atom stereocenters. The first kappa shape index (κ1) is 16.2. The van der Waals surface area contributed by atoms with E-state index in [-0.39, 0.29) is 28.9 Å². The second-order valence-electron chi connectivity index (χ2n) is 5.50. The van der Waals surface area contributed by atoms with E-state index >= 15 is 0 Å². The lowest BCUT2D eigenvalue weighted by atomic mass is 9.98. The molecular weight excluding hydrogens is 286 g/mol. The Hall–Kier alpha value is -2.15. The van der Waals surface area contributed by atoms with Gasteiger partial charge in [-0.05, 0) is 30.9 Å². The van der Waals surface area contributed by atoms with Crippen LogP contribution in [0, 0.1) is 16.0 Å². The second kappa shape index (κ2) is 7.22. The van der Waals surface area contributed by atoms with Crippen LogP contribution in [0.5, 0.6) is 5.75 Å². The van der Waals surface area contributed by atoms with E-state index in [1.807, 2.05) is 0 Å². The van der Waals surface area contributed by atoms with Crippen LogP contribution in [0.3, 0.4) is 0 Å². The molecule has 1 aromatic rings. The van der Waals surface area contributed by atoms with Gasteiger partial charge < -0.3 is 15.8 Å². The summed E-state index contributed by atoms with van der Waals surface area (Å²) >= 11 is 0. The van der Waals surface area contributed by atoms with E-state index in [1.165, 1.54) is 25.3 Å². The van der Waals surface area contributed by atoms with E-state index < -0.39 is 4.92 Å². The highest BCUT2D eigenvalue weighted by atomic mass is 16.6. The molecular formula is C15H21N3O4. The van der Waals surface area contributed by atoms with Crippen molar-refractivity contribution < 1.29 is 14.5 Å². The predicted molar refractivity (Wildman–Crippen MR) is 81.9 cm³/mol. The number of hydrogen-bond acceptors (Lipinski definition) is 5. The Kier molecular flexibility index (Phi) is 5.32. The second-order valence-corrected chi connectivity index (χ2v) is 5.50. The first-order chi connectivity index (χ1) is 10.6. The Bertz CT molecular complexity index is 556. The fourth-order valence-corrected chi connectivity index (χ4v) is 2.95. The van der Waals surface area contributed by atoms with Gasteiger partial charge in [-0.2, -0.15) is 0 Å². The summed E-state index contributed by atoms with van der Waals surface area (Å²) in [4.78, 5) is 22.8. The molecule has 0 radical (unpaired) electrons. The number of benzene rings is 1. The highest BCUT2D eigenvalue weighted by molar-refractivity contribution is 5.95. The molecule has 0 bridgehead atoms. The Morgan fingerprint density at radius 2 is 2.18 bits per heavy atom. The molecule has 0 aliphatic heterocycles. The average molecular weight is 307 g/mol. The third-order valence-electron chi connectivity index (χ3n) is 4.18. The molecule has 1 aliphatic rings. The Morgan fingerprint density at radius 3 is 2.73 bits per heavy atom. The summed E-state index contributed by atoms with van der Waals surface area (Å²) in [6.07, 6.45) is 4.44. The number of methoxy groups -OCH3 is 1. The first-order valence-electron chi connectivity index (χ1n) is 7.40. The summed E-state index contributed by atoms with van der Waals surface area (Å²) < 4.78 is 4.93. The van der Waals surface area contributed by atoms with Gasteiger partial charge in [-0.25, -0.2) is 0 Å². The van der Waals surface area contributed by atoms with Crippen LogP contribution in [-0.4, -0.2) is 30.5 Å². The maximum atomic E-state index is 12.3. The molecule has 120 valence electrons. The first-order valence-corrected chi connectivity index (χ1v) is 7.40. The van der Waals surface area contributed by atoms with E-state index in [4.69, 9.17) is 10.5 Å². The van der Waals surface area contributed by atoms with Crippen LogP contribution < -0.4 is 15.8 Å². The van der Waals surface area contributed by atoms with Crippen molar-refractivity contribution in [2.45, 2.75) is 31.7 Å². The van der Waals surface area contributed by atoms with Crippen molar-refractivity contribution in [2.24, 2.45) is 11.7 Å². The lowest BCUT2D eigenvalue weighted by Crippen LogP contribution is -2.44. The van der Waals surface area contributed by atoms with Crippen molar-refractivity contribution in [1.82, 2.24) is 5.32 Å². The van der Waals surface area contributed by atoms with Crippen molar-refractivity contribution >= 4 is 11.6 Å². The van der Waals surface area contributed by atoms with Crippen molar-refractivity contribution in [1.29, 1.82) is 0 Å². The fourth-order valence-electron chi connectivity index (χ4n) is 2.95. The number of carbonyl (C=O) groups excluding carboxylic acids is 1. The summed E-state index contributed by atoms with van der Waals surface area (Å²) in [6, 6.07) is 4.09. The normalized spacial score (nSPS) is 16.3. The van der Waals surface area contributed by atoms with Crippen LogP contribution in [0.1, 0.15) is 36.0 Å². The average Bonchev–Trinajstić information content (AvgIpc) is 3.05. The van der Waals surface area contributed by atoms with Gasteiger partial charge in [-0.3, -0.25) is 14.9 Å². The smallest absolute Gasteiger partial charge is 0.311 e. The number of nitrogens with two attached hydrogens (primary N) is 1. The molecule has 1 aromatic carbocycles. The lowest BCUT2D eigenvalue weighted by Gasteiger charge is -2.23. The van der Waals surface area contributed by atoms with E-state index in [2.05, 4.69) is 5.32 Å². The van der Waals surface area contributed by atoms with Crippen LogP contribution in [0.25, 0.3) is 0 Å². The van der Waals surface area contributed by atoms with Crippen LogP contribution in [0.15, 0.2) is 18.2 Å². The van der Waals surface area contributed by atoms with Gasteiger partial charge in [-0.15, -0.1) is 0 Å². The number of nitrogens with one attached hydrogen (secondary N) is 1. The van der Waals surface area contributed by atoms with Crippen LogP contribution >= 0.6 is 0 Å². The maximum absolute atomic E-state index is 12.3. The quantitative estimate of drug-likeness (QED) is 0.616. The Morgan fingerprint density at radius 1 is 1.50 bits per heavy atom. The monoisotopic (exact) mass is 307 g/mol. The van der Waals surface area contributed by atoms with E-state index in [9.17, 15) is 14.9 Å². The van der Waals surface area contributed by atoms with E-state index in [0.717, 1.165) is 25.7 Å². The number of nitro benzene ring substituents is 1. The molecule has 1 aliphatic carbocycles. The highest BCUT2D eigenvalue weighted by Crippen LogP contribution is 2.29. The number of carbonyl (C=O) groups is 1. The predicted octanol–water partition coefficient (Wildman–Crippen LogP) is 1.85. The van der Waals surface area contributed by atoms with Gasteiger partial charge in [0.05, 0.1) is 12.0 Å². The number of ether oxygens (including phenoxy) is 1. The molecule has 1 saturated carbocycles. The van der Waals surface area contributed by atoms with Gasteiger partial charge in [0, 0.05) is 24.2 Å². The molecule has 7 heteroatoms. The molecule has 0 spiro atoms. The molecule has 0 aromatic heterocycles. The minimum Gasteiger partial charge on any atom is -0.490 e. The maximum Gasteiger partial charge on any atom is 0.311 e. The van der Waals surface area contributed by atoms with Gasteiger partial charge in [0.2, 0.25) is 0 Å². The highest BCUT2D eigenvalue weighted by Gasteiger charge is 2.26. The van der Waals surface area contributed by atoms with Crippen molar-refractivity contribution in [3.05, 3.63) is 33.9 Å². The third kappa shape index (κ3) is 3.54. The zero-order valence-corrected chi connectivity index (χ0v) is 12.6. The number of hydrogen-bond donors (Lipinski definition) is 2. The molecule has 22 heavy (non-hydrogen) atoms.